The van der Waals surface area contributed by atoms with Gasteiger partial charge in [0.25, 0.3) is 0 Å². The van der Waals surface area contributed by atoms with Gasteiger partial charge in [-0.1, -0.05) is 24.6 Å². The van der Waals surface area contributed by atoms with Gasteiger partial charge in [0.1, 0.15) is 0 Å². The average Bonchev–Trinajstić information content (AvgIpc) is 2.64. The highest BCUT2D eigenvalue weighted by molar-refractivity contribution is 5.89. The van der Waals surface area contributed by atoms with Crippen LogP contribution in [0.1, 0.15) is 41.1 Å². The third-order valence-electron chi connectivity index (χ3n) is 3.16. The van der Waals surface area contributed by atoms with Crippen LogP contribution in [0.3, 0.4) is 0 Å². The van der Waals surface area contributed by atoms with Crippen LogP contribution in [0.15, 0.2) is 24.3 Å². The van der Waals surface area contributed by atoms with Gasteiger partial charge >= 0.3 is 5.97 Å². The molecule has 0 saturated heterocycles. The van der Waals surface area contributed by atoms with E-state index in [1.807, 2.05) is 12.1 Å². The Kier molecular flexibility index (Phi) is 2.73. The molecule has 0 unspecified atom stereocenters. The Labute approximate surface area is 88.9 Å². The second-order valence-corrected chi connectivity index (χ2v) is 4.09. The molecule has 3 heteroatoms. The van der Waals surface area contributed by atoms with Crippen LogP contribution >= 0.6 is 0 Å². The maximum atomic E-state index is 11.0. The van der Waals surface area contributed by atoms with E-state index in [1.165, 1.54) is 0 Å². The fourth-order valence-electron chi connectivity index (χ4n) is 2.39. The summed E-state index contributed by atoms with van der Waals surface area (Å²) in [6.07, 6.45) is 3.10. The van der Waals surface area contributed by atoms with Crippen molar-refractivity contribution in [3.63, 3.8) is 0 Å². The van der Waals surface area contributed by atoms with Crippen molar-refractivity contribution in [1.29, 1.82) is 0 Å². The Morgan fingerprint density at radius 2 is 2.07 bits per heavy atom. The second kappa shape index (κ2) is 4.03. The van der Waals surface area contributed by atoms with Gasteiger partial charge in [-0.05, 0) is 30.4 Å². The number of hydrogen-bond donors (Lipinski definition) is 2. The lowest BCUT2D eigenvalue weighted by atomic mass is 9.90. The lowest BCUT2D eigenvalue weighted by Crippen LogP contribution is -2.24. The first-order valence-corrected chi connectivity index (χ1v) is 5.28. The minimum absolute atomic E-state index is 0.116. The van der Waals surface area contributed by atoms with Crippen molar-refractivity contribution >= 4 is 5.97 Å². The summed E-state index contributed by atoms with van der Waals surface area (Å²) in [5, 5.41) is 9.07. The summed E-state index contributed by atoms with van der Waals surface area (Å²) in [5.41, 5.74) is 7.29. The number of carbonyl (C=O) groups is 1. The van der Waals surface area contributed by atoms with E-state index < -0.39 is 5.97 Å². The summed E-state index contributed by atoms with van der Waals surface area (Å²) in [6, 6.07) is 7.30. The molecule has 0 bridgehead atoms. The lowest BCUT2D eigenvalue weighted by Gasteiger charge is -2.17. The van der Waals surface area contributed by atoms with Crippen LogP contribution in [0.4, 0.5) is 0 Å². The third kappa shape index (κ3) is 1.88. The molecule has 1 aliphatic carbocycles. The fraction of sp³-hybridized carbons (Fsp3) is 0.417. The van der Waals surface area contributed by atoms with Gasteiger partial charge in [-0.25, -0.2) is 4.79 Å². The first kappa shape index (κ1) is 10.2. The standard InChI is InChI=1S/C12H15NO2/c13-11-7-3-6-9(11)8-4-1-2-5-10(8)12(14)15/h1-2,4-5,9,11H,3,6-7,13H2,(H,14,15)/t9-,11-/m0/s1. The zero-order chi connectivity index (χ0) is 10.8. The van der Waals surface area contributed by atoms with Crippen LogP contribution < -0.4 is 5.73 Å². The van der Waals surface area contributed by atoms with Crippen molar-refractivity contribution in [1.82, 2.24) is 0 Å². The largest absolute Gasteiger partial charge is 0.478 e. The molecule has 3 N–H and O–H groups in total. The van der Waals surface area contributed by atoms with Crippen molar-refractivity contribution < 1.29 is 9.90 Å². The van der Waals surface area contributed by atoms with Gasteiger partial charge in [-0.2, -0.15) is 0 Å². The zero-order valence-electron chi connectivity index (χ0n) is 8.52. The SMILES string of the molecule is N[C@H]1CCC[C@H]1c1ccccc1C(=O)O. The third-order valence-corrected chi connectivity index (χ3v) is 3.16. The topological polar surface area (TPSA) is 63.3 Å². The molecule has 0 spiro atoms. The molecule has 1 fully saturated rings. The fourth-order valence-corrected chi connectivity index (χ4v) is 2.39. The maximum Gasteiger partial charge on any atom is 0.335 e. The molecule has 1 saturated carbocycles. The summed E-state index contributed by atoms with van der Waals surface area (Å²) < 4.78 is 0. The summed E-state index contributed by atoms with van der Waals surface area (Å²) in [5.74, 6) is -0.637. The summed E-state index contributed by atoms with van der Waals surface area (Å²) >= 11 is 0. The second-order valence-electron chi connectivity index (χ2n) is 4.09. The number of nitrogens with two attached hydrogens (primary N) is 1. The molecule has 80 valence electrons. The van der Waals surface area contributed by atoms with Gasteiger partial charge in [0.2, 0.25) is 0 Å². The van der Waals surface area contributed by atoms with Crippen molar-refractivity contribution in [2.75, 3.05) is 0 Å². The Morgan fingerprint density at radius 1 is 1.33 bits per heavy atom. The van der Waals surface area contributed by atoms with E-state index in [2.05, 4.69) is 0 Å². The van der Waals surface area contributed by atoms with Crippen molar-refractivity contribution in [2.24, 2.45) is 5.73 Å². The van der Waals surface area contributed by atoms with Gasteiger partial charge in [0.05, 0.1) is 5.56 Å². The quantitative estimate of drug-likeness (QED) is 0.776. The van der Waals surface area contributed by atoms with Crippen LogP contribution in [0, 0.1) is 0 Å². The summed E-state index contributed by atoms with van der Waals surface area (Å²) in [4.78, 5) is 11.0. The smallest absolute Gasteiger partial charge is 0.335 e. The molecule has 0 aliphatic heterocycles. The van der Waals surface area contributed by atoms with Crippen LogP contribution in [-0.2, 0) is 0 Å². The van der Waals surface area contributed by atoms with Gasteiger partial charge in [-0.3, -0.25) is 0 Å². The number of carboxylic acid groups (broad SMARTS) is 1. The number of carboxylic acids is 1. The highest BCUT2D eigenvalue weighted by atomic mass is 16.4. The van der Waals surface area contributed by atoms with Gasteiger partial charge in [-0.15, -0.1) is 0 Å². The lowest BCUT2D eigenvalue weighted by molar-refractivity contribution is 0.0695. The molecular weight excluding hydrogens is 190 g/mol. The number of hydrogen-bond acceptors (Lipinski definition) is 2. The van der Waals surface area contributed by atoms with Crippen LogP contribution in [0.2, 0.25) is 0 Å². The van der Waals surface area contributed by atoms with Crippen LogP contribution in [0.25, 0.3) is 0 Å². The van der Waals surface area contributed by atoms with Crippen molar-refractivity contribution in [3.05, 3.63) is 35.4 Å². The van der Waals surface area contributed by atoms with E-state index in [0.717, 1.165) is 24.8 Å². The van der Waals surface area contributed by atoms with E-state index in [-0.39, 0.29) is 12.0 Å². The molecule has 2 rings (SSSR count). The molecular formula is C12H15NO2. The minimum Gasteiger partial charge on any atom is -0.478 e. The Bertz CT molecular complexity index is 376. The van der Waals surface area contributed by atoms with Crippen LogP contribution in [0.5, 0.6) is 0 Å². The molecule has 0 radical (unpaired) electrons. The normalized spacial score (nSPS) is 25.4. The zero-order valence-corrected chi connectivity index (χ0v) is 8.52. The first-order valence-electron chi connectivity index (χ1n) is 5.28. The highest BCUT2D eigenvalue weighted by Crippen LogP contribution is 2.34. The predicted octanol–water partition coefficient (Wildman–Crippen LogP) is 1.98. The van der Waals surface area contributed by atoms with Gasteiger partial charge in [0.15, 0.2) is 0 Å². The Balaban J connectivity index is 2.38. The van der Waals surface area contributed by atoms with E-state index in [1.54, 1.807) is 12.1 Å². The molecule has 1 aromatic carbocycles. The van der Waals surface area contributed by atoms with E-state index in [9.17, 15) is 4.79 Å². The van der Waals surface area contributed by atoms with Gasteiger partial charge < -0.3 is 10.8 Å². The molecule has 0 aromatic heterocycles. The number of rotatable bonds is 2. The van der Waals surface area contributed by atoms with Gasteiger partial charge in [0, 0.05) is 6.04 Å². The van der Waals surface area contributed by atoms with Crippen molar-refractivity contribution in [3.8, 4) is 0 Å². The molecule has 15 heavy (non-hydrogen) atoms. The van der Waals surface area contributed by atoms with E-state index in [0.29, 0.717) is 5.56 Å². The van der Waals surface area contributed by atoms with E-state index in [4.69, 9.17) is 10.8 Å². The summed E-state index contributed by atoms with van der Waals surface area (Å²) in [7, 11) is 0. The van der Waals surface area contributed by atoms with E-state index >= 15 is 0 Å². The monoisotopic (exact) mass is 205 g/mol. The minimum atomic E-state index is -0.857. The summed E-state index contributed by atoms with van der Waals surface area (Å²) in [6.45, 7) is 0. The average molecular weight is 205 g/mol. The number of benzene rings is 1. The predicted molar refractivity (Wildman–Crippen MR) is 58.0 cm³/mol. The van der Waals surface area contributed by atoms with Crippen molar-refractivity contribution in [2.45, 2.75) is 31.2 Å². The first-order chi connectivity index (χ1) is 7.20. The van der Waals surface area contributed by atoms with Crippen LogP contribution in [-0.4, -0.2) is 17.1 Å². The molecule has 2 atom stereocenters. The Morgan fingerprint density at radius 3 is 2.67 bits per heavy atom. The number of aromatic carboxylic acids is 1. The molecule has 0 amide bonds. The Hall–Kier alpha value is -1.35. The molecule has 0 heterocycles. The molecule has 1 aromatic rings. The molecule has 3 nitrogen and oxygen atoms in total. The molecule has 1 aliphatic rings. The highest BCUT2D eigenvalue weighted by Gasteiger charge is 2.28. The maximum absolute atomic E-state index is 11.0.